The monoisotopic (exact) mass is 316 g/mol. The van der Waals surface area contributed by atoms with Crippen molar-refractivity contribution in [2.24, 2.45) is 0 Å². The van der Waals surface area contributed by atoms with Gasteiger partial charge in [0, 0.05) is 17.7 Å². The molecule has 0 aliphatic heterocycles. The summed E-state index contributed by atoms with van der Waals surface area (Å²) >= 11 is 0. The number of para-hydroxylation sites is 2. The second-order valence-electron chi connectivity index (χ2n) is 6.17. The summed E-state index contributed by atoms with van der Waals surface area (Å²) in [5, 5.41) is 2.74. The fraction of sp³-hybridized carbons (Fsp3) is 0.353. The van der Waals surface area contributed by atoms with Crippen LogP contribution in [-0.4, -0.2) is 28.5 Å². The molecule has 0 aliphatic carbocycles. The molecule has 2 aromatic rings. The summed E-state index contributed by atoms with van der Waals surface area (Å²) in [6, 6.07) is 7.29. The first-order chi connectivity index (χ1) is 10.7. The van der Waals surface area contributed by atoms with E-state index >= 15 is 0 Å². The van der Waals surface area contributed by atoms with Gasteiger partial charge in [0.25, 0.3) is 5.91 Å². The lowest BCUT2D eigenvalue weighted by atomic mass is 10.1. The minimum atomic E-state index is -0.880. The van der Waals surface area contributed by atoms with E-state index in [9.17, 15) is 9.59 Å². The normalized spacial score (nSPS) is 13.2. The zero-order valence-corrected chi connectivity index (χ0v) is 13.6. The van der Waals surface area contributed by atoms with Crippen molar-refractivity contribution in [1.82, 2.24) is 10.3 Å². The highest BCUT2D eigenvalue weighted by molar-refractivity contribution is 5.90. The van der Waals surface area contributed by atoms with Crippen molar-refractivity contribution in [2.45, 2.75) is 39.3 Å². The molecular formula is C17H20N2O4. The van der Waals surface area contributed by atoms with Crippen molar-refractivity contribution < 1.29 is 18.7 Å². The molecule has 1 amide bonds. The summed E-state index contributed by atoms with van der Waals surface area (Å²) in [5.41, 5.74) is 0.961. The van der Waals surface area contributed by atoms with Crippen molar-refractivity contribution in [3.8, 4) is 0 Å². The maximum absolute atomic E-state index is 11.8. The van der Waals surface area contributed by atoms with Gasteiger partial charge in [-0.2, -0.15) is 0 Å². The number of fused-ring (bicyclic) bond motifs is 1. The summed E-state index contributed by atoms with van der Waals surface area (Å²) in [5.74, 6) is -0.681. The Kier molecular flexibility index (Phi) is 4.83. The lowest BCUT2D eigenvalue weighted by molar-refractivity contribution is -0.150. The highest BCUT2D eigenvalue weighted by atomic mass is 16.5. The van der Waals surface area contributed by atoms with Crippen molar-refractivity contribution in [2.75, 3.05) is 0 Å². The standard InChI is InChI=1S/C17H20N2O4/c1-11(16(21)19-17(2,3)4)22-15(20)10-9-14-18-12-7-5-6-8-13(12)23-14/h5-11H,1-4H3,(H,19,21)/b10-9+. The molecule has 122 valence electrons. The lowest BCUT2D eigenvalue weighted by Crippen LogP contribution is -2.46. The Morgan fingerprint density at radius 3 is 2.65 bits per heavy atom. The number of aromatic nitrogens is 1. The van der Waals surface area contributed by atoms with E-state index in [-0.39, 0.29) is 11.4 Å². The molecule has 0 saturated carbocycles. The van der Waals surface area contributed by atoms with Crippen LogP contribution in [-0.2, 0) is 14.3 Å². The number of hydrogen-bond acceptors (Lipinski definition) is 5. The van der Waals surface area contributed by atoms with Crippen LogP contribution in [0, 0.1) is 0 Å². The molecule has 1 unspecified atom stereocenters. The number of hydrogen-bond donors (Lipinski definition) is 1. The average Bonchev–Trinajstić information content (AvgIpc) is 2.86. The molecule has 0 radical (unpaired) electrons. The molecule has 6 nitrogen and oxygen atoms in total. The number of rotatable bonds is 4. The van der Waals surface area contributed by atoms with E-state index in [2.05, 4.69) is 10.3 Å². The van der Waals surface area contributed by atoms with Gasteiger partial charge in [0.05, 0.1) is 0 Å². The lowest BCUT2D eigenvalue weighted by Gasteiger charge is -2.22. The van der Waals surface area contributed by atoms with Crippen LogP contribution in [0.25, 0.3) is 17.2 Å². The fourth-order valence-corrected chi connectivity index (χ4v) is 1.84. The smallest absolute Gasteiger partial charge is 0.331 e. The van der Waals surface area contributed by atoms with Crippen LogP contribution in [0.4, 0.5) is 0 Å². The number of carbonyl (C=O) groups is 2. The maximum Gasteiger partial charge on any atom is 0.331 e. The second kappa shape index (κ2) is 6.64. The number of esters is 1. The zero-order chi connectivity index (χ0) is 17.0. The van der Waals surface area contributed by atoms with E-state index in [1.807, 2.05) is 39.0 Å². The zero-order valence-electron chi connectivity index (χ0n) is 13.6. The summed E-state index contributed by atoms with van der Waals surface area (Å²) in [4.78, 5) is 27.8. The van der Waals surface area contributed by atoms with E-state index in [4.69, 9.17) is 9.15 Å². The van der Waals surface area contributed by atoms with E-state index in [0.717, 1.165) is 0 Å². The molecule has 23 heavy (non-hydrogen) atoms. The summed E-state index contributed by atoms with van der Waals surface area (Å²) in [6.07, 6.45) is 1.72. The number of benzene rings is 1. The van der Waals surface area contributed by atoms with Gasteiger partial charge in [0.15, 0.2) is 11.7 Å². The Bertz CT molecular complexity index is 707. The maximum atomic E-state index is 11.8. The van der Waals surface area contributed by atoms with Crippen LogP contribution in [0.1, 0.15) is 33.6 Å². The average molecular weight is 316 g/mol. The van der Waals surface area contributed by atoms with Crippen molar-refractivity contribution >= 4 is 29.1 Å². The molecule has 1 heterocycles. The third-order valence-corrected chi connectivity index (χ3v) is 2.83. The van der Waals surface area contributed by atoms with Gasteiger partial charge in [-0.3, -0.25) is 4.79 Å². The summed E-state index contributed by atoms with van der Waals surface area (Å²) in [6.45, 7) is 7.08. The molecule has 2 rings (SSSR count). The van der Waals surface area contributed by atoms with Gasteiger partial charge >= 0.3 is 5.97 Å². The topological polar surface area (TPSA) is 81.4 Å². The van der Waals surface area contributed by atoms with E-state index in [1.54, 1.807) is 6.07 Å². The molecule has 0 saturated heterocycles. The van der Waals surface area contributed by atoms with Gasteiger partial charge in [-0.15, -0.1) is 0 Å². The van der Waals surface area contributed by atoms with Gasteiger partial charge in [0.2, 0.25) is 5.89 Å². The molecular weight excluding hydrogens is 296 g/mol. The Morgan fingerprint density at radius 1 is 1.30 bits per heavy atom. The Hall–Kier alpha value is -2.63. The van der Waals surface area contributed by atoms with Crippen LogP contribution < -0.4 is 5.32 Å². The number of nitrogens with one attached hydrogen (secondary N) is 1. The highest BCUT2D eigenvalue weighted by Crippen LogP contribution is 2.15. The third kappa shape index (κ3) is 4.95. The summed E-state index contributed by atoms with van der Waals surface area (Å²) < 4.78 is 10.5. The van der Waals surface area contributed by atoms with Crippen LogP contribution in [0.5, 0.6) is 0 Å². The third-order valence-electron chi connectivity index (χ3n) is 2.83. The van der Waals surface area contributed by atoms with Gasteiger partial charge in [-0.05, 0) is 39.8 Å². The fourth-order valence-electron chi connectivity index (χ4n) is 1.84. The van der Waals surface area contributed by atoms with Crippen molar-refractivity contribution in [3.05, 3.63) is 36.2 Å². The van der Waals surface area contributed by atoms with Crippen LogP contribution in [0.15, 0.2) is 34.8 Å². The number of ether oxygens (including phenoxy) is 1. The highest BCUT2D eigenvalue weighted by Gasteiger charge is 2.21. The van der Waals surface area contributed by atoms with Gasteiger partial charge in [-0.1, -0.05) is 12.1 Å². The SMILES string of the molecule is CC(OC(=O)/C=C/c1nc2ccccc2o1)C(=O)NC(C)(C)C. The van der Waals surface area contributed by atoms with Crippen LogP contribution in [0.2, 0.25) is 0 Å². The predicted molar refractivity (Wildman–Crippen MR) is 86.5 cm³/mol. The van der Waals surface area contributed by atoms with Crippen LogP contribution >= 0.6 is 0 Å². The molecule has 0 bridgehead atoms. The molecule has 1 atom stereocenters. The molecule has 1 aromatic carbocycles. The minimum Gasteiger partial charge on any atom is -0.449 e. The Morgan fingerprint density at radius 2 is 2.00 bits per heavy atom. The second-order valence-corrected chi connectivity index (χ2v) is 6.17. The molecule has 0 fully saturated rings. The first-order valence-corrected chi connectivity index (χ1v) is 7.31. The van der Waals surface area contributed by atoms with E-state index < -0.39 is 12.1 Å². The molecule has 6 heteroatoms. The first kappa shape index (κ1) is 16.7. The Balaban J connectivity index is 1.94. The molecule has 1 aromatic heterocycles. The van der Waals surface area contributed by atoms with Gasteiger partial charge < -0.3 is 14.5 Å². The largest absolute Gasteiger partial charge is 0.449 e. The van der Waals surface area contributed by atoms with Crippen molar-refractivity contribution in [1.29, 1.82) is 0 Å². The minimum absolute atomic E-state index is 0.301. The molecule has 0 aliphatic rings. The van der Waals surface area contributed by atoms with Crippen LogP contribution in [0.3, 0.4) is 0 Å². The quantitative estimate of drug-likeness (QED) is 0.693. The Labute approximate surface area is 134 Å². The first-order valence-electron chi connectivity index (χ1n) is 7.31. The molecule has 0 spiro atoms. The van der Waals surface area contributed by atoms with Gasteiger partial charge in [0.1, 0.15) is 5.52 Å². The van der Waals surface area contributed by atoms with Gasteiger partial charge in [-0.25, -0.2) is 9.78 Å². The van der Waals surface area contributed by atoms with E-state index in [1.165, 1.54) is 19.1 Å². The van der Waals surface area contributed by atoms with E-state index in [0.29, 0.717) is 17.0 Å². The summed E-state index contributed by atoms with van der Waals surface area (Å²) in [7, 11) is 0. The van der Waals surface area contributed by atoms with Crippen molar-refractivity contribution in [3.63, 3.8) is 0 Å². The molecule has 1 N–H and O–H groups in total. The number of amides is 1. The number of nitrogens with zero attached hydrogens (tertiary/aromatic N) is 1. The predicted octanol–water partition coefficient (Wildman–Crippen LogP) is 2.69. The number of oxazole rings is 1. The number of carbonyl (C=O) groups excluding carboxylic acids is 2.